The average Bonchev–Trinajstić information content (AvgIpc) is 2.87. The Bertz CT molecular complexity index is 1070. The maximum absolute atomic E-state index is 12.0. The number of oxime groups is 1. The molecular weight excluding hydrogens is 442 g/mol. The minimum atomic E-state index is -0.698. The fourth-order valence-electron chi connectivity index (χ4n) is 5.47. The number of hydrogen-bond acceptors (Lipinski definition) is 5. The zero-order valence-electron chi connectivity index (χ0n) is 20.6. The SMILES string of the molecule is Cc1ccccc1[C@H](CC(=NO)C1CCC(=O)N(C)C1)c1ccc(N2CCC(C(=O)O)CC2)cc1. The van der Waals surface area contributed by atoms with Gasteiger partial charge in [0, 0.05) is 57.0 Å². The molecule has 0 radical (unpaired) electrons. The molecule has 186 valence electrons. The Balaban J connectivity index is 1.56. The van der Waals surface area contributed by atoms with Gasteiger partial charge in [-0.3, -0.25) is 9.59 Å². The zero-order chi connectivity index (χ0) is 24.9. The first kappa shape index (κ1) is 24.8. The van der Waals surface area contributed by atoms with Crippen LogP contribution in [0.3, 0.4) is 0 Å². The van der Waals surface area contributed by atoms with Gasteiger partial charge in [-0.2, -0.15) is 0 Å². The molecule has 1 amide bonds. The number of aryl methyl sites for hydroxylation is 1. The summed E-state index contributed by atoms with van der Waals surface area (Å²) in [6.07, 6.45) is 3.09. The van der Waals surface area contributed by atoms with Crippen molar-refractivity contribution in [3.8, 4) is 0 Å². The van der Waals surface area contributed by atoms with Gasteiger partial charge in [-0.25, -0.2) is 0 Å². The van der Waals surface area contributed by atoms with E-state index >= 15 is 0 Å². The molecule has 0 aromatic heterocycles. The van der Waals surface area contributed by atoms with Crippen molar-refractivity contribution in [2.24, 2.45) is 17.0 Å². The standard InChI is InChI=1S/C28H35N3O4/c1-19-5-3-4-6-24(19)25(17-26(29-35)22-9-12-27(32)30(2)18-22)20-7-10-23(11-8-20)31-15-13-21(14-16-31)28(33)34/h3-8,10-11,21-22,25,35H,9,12-18H2,1-2H3,(H,33,34)/t22?,25-/m1/s1. The third-order valence-electron chi connectivity index (χ3n) is 7.71. The average molecular weight is 478 g/mol. The van der Waals surface area contributed by atoms with Gasteiger partial charge in [0.15, 0.2) is 0 Å². The molecule has 35 heavy (non-hydrogen) atoms. The van der Waals surface area contributed by atoms with Crippen LogP contribution >= 0.6 is 0 Å². The van der Waals surface area contributed by atoms with Gasteiger partial charge in [-0.05, 0) is 55.0 Å². The molecule has 2 heterocycles. The molecule has 2 aromatic carbocycles. The molecule has 0 spiro atoms. The van der Waals surface area contributed by atoms with E-state index in [1.807, 2.05) is 12.1 Å². The normalized spacial score (nSPS) is 20.7. The minimum absolute atomic E-state index is 0.0248. The van der Waals surface area contributed by atoms with Gasteiger partial charge in [-0.1, -0.05) is 41.6 Å². The third kappa shape index (κ3) is 5.66. The number of amides is 1. The number of carboxylic acids is 1. The van der Waals surface area contributed by atoms with Gasteiger partial charge in [0.2, 0.25) is 5.91 Å². The number of carboxylic acid groups (broad SMARTS) is 1. The van der Waals surface area contributed by atoms with Crippen molar-refractivity contribution in [2.45, 2.75) is 44.9 Å². The Hall–Kier alpha value is -3.35. The van der Waals surface area contributed by atoms with Gasteiger partial charge in [0.1, 0.15) is 0 Å². The smallest absolute Gasteiger partial charge is 0.306 e. The predicted octanol–water partition coefficient (Wildman–Crippen LogP) is 4.52. The number of rotatable bonds is 7. The van der Waals surface area contributed by atoms with Crippen molar-refractivity contribution in [3.05, 3.63) is 65.2 Å². The first-order chi connectivity index (χ1) is 16.9. The van der Waals surface area contributed by atoms with Crippen LogP contribution in [0.15, 0.2) is 53.7 Å². The first-order valence-electron chi connectivity index (χ1n) is 12.5. The summed E-state index contributed by atoms with van der Waals surface area (Å²) in [5, 5.41) is 23.0. The molecule has 7 heteroatoms. The topological polar surface area (TPSA) is 93.4 Å². The number of likely N-dealkylation sites (tertiary alicyclic amines) is 1. The summed E-state index contributed by atoms with van der Waals surface area (Å²) in [6, 6.07) is 16.8. The number of hydrogen-bond donors (Lipinski definition) is 2. The maximum atomic E-state index is 12.0. The minimum Gasteiger partial charge on any atom is -0.481 e. The van der Waals surface area contributed by atoms with E-state index in [4.69, 9.17) is 0 Å². The van der Waals surface area contributed by atoms with E-state index in [2.05, 4.69) is 53.4 Å². The van der Waals surface area contributed by atoms with Crippen molar-refractivity contribution < 1.29 is 19.9 Å². The summed E-state index contributed by atoms with van der Waals surface area (Å²) >= 11 is 0. The largest absolute Gasteiger partial charge is 0.481 e. The summed E-state index contributed by atoms with van der Waals surface area (Å²) in [6.45, 7) is 4.16. The van der Waals surface area contributed by atoms with Crippen molar-refractivity contribution in [3.63, 3.8) is 0 Å². The van der Waals surface area contributed by atoms with Gasteiger partial charge in [0.05, 0.1) is 11.6 Å². The summed E-state index contributed by atoms with van der Waals surface area (Å²) in [7, 11) is 1.81. The highest BCUT2D eigenvalue weighted by atomic mass is 16.4. The lowest BCUT2D eigenvalue weighted by Gasteiger charge is -2.33. The Morgan fingerprint density at radius 1 is 1.06 bits per heavy atom. The summed E-state index contributed by atoms with van der Waals surface area (Å²) in [5.41, 5.74) is 5.36. The molecule has 2 fully saturated rings. The van der Waals surface area contributed by atoms with Gasteiger partial charge < -0.3 is 20.1 Å². The Morgan fingerprint density at radius 3 is 2.34 bits per heavy atom. The Morgan fingerprint density at radius 2 is 1.74 bits per heavy atom. The van der Waals surface area contributed by atoms with Crippen LogP contribution < -0.4 is 4.90 Å². The molecular formula is C28H35N3O4. The van der Waals surface area contributed by atoms with Crippen LogP contribution in [0.5, 0.6) is 0 Å². The molecule has 2 N–H and O–H groups in total. The molecule has 4 rings (SSSR count). The second-order valence-electron chi connectivity index (χ2n) is 9.91. The molecule has 2 saturated heterocycles. The number of carbonyl (C=O) groups is 2. The van der Waals surface area contributed by atoms with Crippen LogP contribution in [-0.4, -0.2) is 59.5 Å². The van der Waals surface area contributed by atoms with E-state index in [0.717, 1.165) is 30.1 Å². The van der Waals surface area contributed by atoms with Crippen LogP contribution in [0.2, 0.25) is 0 Å². The molecule has 7 nitrogen and oxygen atoms in total. The lowest BCUT2D eigenvalue weighted by atomic mass is 9.80. The molecule has 0 saturated carbocycles. The van der Waals surface area contributed by atoms with Crippen LogP contribution in [0, 0.1) is 18.8 Å². The van der Waals surface area contributed by atoms with Crippen LogP contribution in [-0.2, 0) is 9.59 Å². The van der Waals surface area contributed by atoms with Gasteiger partial charge in [0.25, 0.3) is 0 Å². The van der Waals surface area contributed by atoms with E-state index < -0.39 is 5.97 Å². The first-order valence-corrected chi connectivity index (χ1v) is 12.5. The van der Waals surface area contributed by atoms with Crippen molar-refractivity contribution in [1.82, 2.24) is 4.90 Å². The number of aliphatic carboxylic acids is 1. The lowest BCUT2D eigenvalue weighted by Crippen LogP contribution is -2.40. The summed E-state index contributed by atoms with van der Waals surface area (Å²) < 4.78 is 0. The lowest BCUT2D eigenvalue weighted by molar-refractivity contribution is -0.142. The van der Waals surface area contributed by atoms with Crippen molar-refractivity contribution in [2.75, 3.05) is 31.6 Å². The van der Waals surface area contributed by atoms with Gasteiger partial charge in [-0.15, -0.1) is 0 Å². The monoisotopic (exact) mass is 477 g/mol. The van der Waals surface area contributed by atoms with E-state index in [9.17, 15) is 19.9 Å². The number of carbonyl (C=O) groups excluding carboxylic acids is 1. The van der Waals surface area contributed by atoms with Crippen molar-refractivity contribution in [1.29, 1.82) is 0 Å². The highest BCUT2D eigenvalue weighted by Gasteiger charge is 2.30. The van der Waals surface area contributed by atoms with E-state index in [-0.39, 0.29) is 23.7 Å². The second-order valence-corrected chi connectivity index (χ2v) is 9.91. The van der Waals surface area contributed by atoms with E-state index in [1.54, 1.807) is 11.9 Å². The van der Waals surface area contributed by atoms with E-state index in [0.29, 0.717) is 38.6 Å². The Labute approximate surface area is 207 Å². The number of nitrogens with zero attached hydrogens (tertiary/aromatic N) is 3. The number of piperidine rings is 2. The Kier molecular flexibility index (Phi) is 7.73. The summed E-state index contributed by atoms with van der Waals surface area (Å²) in [5.74, 6) is -0.741. The van der Waals surface area contributed by atoms with Crippen LogP contribution in [0.25, 0.3) is 0 Å². The van der Waals surface area contributed by atoms with Gasteiger partial charge >= 0.3 is 5.97 Å². The molecule has 1 unspecified atom stereocenters. The fourth-order valence-corrected chi connectivity index (χ4v) is 5.47. The highest BCUT2D eigenvalue weighted by molar-refractivity contribution is 5.90. The van der Waals surface area contributed by atoms with Crippen LogP contribution in [0.4, 0.5) is 5.69 Å². The molecule has 2 aromatic rings. The molecule has 2 aliphatic heterocycles. The highest BCUT2D eigenvalue weighted by Crippen LogP contribution is 2.35. The molecule has 0 aliphatic carbocycles. The van der Waals surface area contributed by atoms with Crippen molar-refractivity contribution >= 4 is 23.3 Å². The number of anilines is 1. The number of benzene rings is 2. The quantitative estimate of drug-likeness (QED) is 0.348. The van der Waals surface area contributed by atoms with E-state index in [1.165, 1.54) is 11.1 Å². The predicted molar refractivity (Wildman–Crippen MR) is 136 cm³/mol. The summed E-state index contributed by atoms with van der Waals surface area (Å²) in [4.78, 5) is 27.2. The van der Waals surface area contributed by atoms with Crippen LogP contribution in [0.1, 0.15) is 54.7 Å². The zero-order valence-corrected chi connectivity index (χ0v) is 20.6. The fraction of sp³-hybridized carbons (Fsp3) is 0.464. The molecule has 2 atom stereocenters. The third-order valence-corrected chi connectivity index (χ3v) is 7.71. The molecule has 2 aliphatic rings. The maximum Gasteiger partial charge on any atom is 0.306 e. The molecule has 0 bridgehead atoms. The second kappa shape index (κ2) is 10.9.